The van der Waals surface area contributed by atoms with Crippen LogP contribution in [0.2, 0.25) is 0 Å². The number of hydrogen-bond acceptors (Lipinski definition) is 1. The van der Waals surface area contributed by atoms with Crippen LogP contribution in [0.1, 0.15) is 65.2 Å². The minimum absolute atomic E-state index is 0. The first-order valence-electron chi connectivity index (χ1n) is 6.70. The van der Waals surface area contributed by atoms with Gasteiger partial charge in [-0.1, -0.05) is 64.6 Å². The molecule has 0 N–H and O–H groups in total. The molecule has 0 aromatic carbocycles. The Kier molecular flexibility index (Phi) is 17.5. The van der Waals surface area contributed by atoms with E-state index in [4.69, 9.17) is 12.2 Å². The third kappa shape index (κ3) is 13.0. The first-order chi connectivity index (χ1) is 7.72. The van der Waals surface area contributed by atoms with Crippen molar-refractivity contribution in [2.45, 2.75) is 65.2 Å². The van der Waals surface area contributed by atoms with Gasteiger partial charge in [-0.2, -0.15) is 0 Å². The number of thiol groups is 1. The van der Waals surface area contributed by atoms with Crippen molar-refractivity contribution in [3.8, 4) is 0 Å². The van der Waals surface area contributed by atoms with Crippen LogP contribution in [0, 0.1) is 0 Å². The van der Waals surface area contributed by atoms with Crippen LogP contribution in [-0.4, -0.2) is 22.3 Å². The molecular weight excluding hydrogens is 290 g/mol. The Morgan fingerprint density at radius 2 is 1.29 bits per heavy atom. The van der Waals surface area contributed by atoms with Crippen molar-refractivity contribution in [2.75, 3.05) is 13.1 Å². The fourth-order valence-electron chi connectivity index (χ4n) is 1.76. The molecule has 0 unspecified atom stereocenters. The summed E-state index contributed by atoms with van der Waals surface area (Å²) in [7, 11) is 0. The molecule has 0 bridgehead atoms. The second kappa shape index (κ2) is 14.8. The van der Waals surface area contributed by atoms with E-state index >= 15 is 0 Å². The Bertz CT molecular complexity index is 165. The molecular formula is C13H27FeNS2. The molecule has 0 spiro atoms. The van der Waals surface area contributed by atoms with Crippen molar-refractivity contribution in [3.05, 3.63) is 0 Å². The molecule has 0 saturated heterocycles. The molecule has 0 aromatic rings. The van der Waals surface area contributed by atoms with E-state index in [-0.39, 0.29) is 17.1 Å². The van der Waals surface area contributed by atoms with Gasteiger partial charge < -0.3 is 4.90 Å². The van der Waals surface area contributed by atoms with Gasteiger partial charge in [-0.15, -0.1) is 12.6 Å². The zero-order chi connectivity index (χ0) is 12.2. The molecule has 0 aliphatic rings. The van der Waals surface area contributed by atoms with Gasteiger partial charge in [0.2, 0.25) is 0 Å². The van der Waals surface area contributed by atoms with Crippen LogP contribution in [0.15, 0.2) is 0 Å². The van der Waals surface area contributed by atoms with Crippen LogP contribution in [0.25, 0.3) is 0 Å². The van der Waals surface area contributed by atoms with E-state index < -0.39 is 0 Å². The first kappa shape index (κ1) is 20.1. The van der Waals surface area contributed by atoms with Crippen molar-refractivity contribution in [1.29, 1.82) is 0 Å². The van der Waals surface area contributed by atoms with Crippen molar-refractivity contribution < 1.29 is 17.1 Å². The molecule has 0 aromatic heterocycles. The molecule has 0 atom stereocenters. The van der Waals surface area contributed by atoms with E-state index in [1.165, 1.54) is 51.4 Å². The van der Waals surface area contributed by atoms with Gasteiger partial charge in [0, 0.05) is 30.2 Å². The molecule has 0 heterocycles. The van der Waals surface area contributed by atoms with Crippen molar-refractivity contribution >= 4 is 29.2 Å². The smallest absolute Gasteiger partial charge is 0.133 e. The molecule has 4 heteroatoms. The molecule has 0 saturated carbocycles. The summed E-state index contributed by atoms with van der Waals surface area (Å²) in [5.41, 5.74) is 0. The molecule has 0 aliphatic heterocycles. The summed E-state index contributed by atoms with van der Waals surface area (Å²) in [4.78, 5) is 2.25. The summed E-state index contributed by atoms with van der Waals surface area (Å²) < 4.78 is 0.771. The third-order valence-electron chi connectivity index (χ3n) is 2.83. The maximum absolute atomic E-state index is 5.16. The van der Waals surface area contributed by atoms with Crippen LogP contribution >= 0.6 is 24.8 Å². The van der Waals surface area contributed by atoms with Gasteiger partial charge in [-0.3, -0.25) is 0 Å². The number of thiocarbonyl (C=S) groups is 1. The van der Waals surface area contributed by atoms with Gasteiger partial charge >= 0.3 is 0 Å². The predicted molar refractivity (Wildman–Crippen MR) is 81.4 cm³/mol. The normalized spacial score (nSPS) is 9.82. The summed E-state index contributed by atoms with van der Waals surface area (Å²) in [5, 5.41) is 0. The number of hydrogen-bond donors (Lipinski definition) is 1. The monoisotopic (exact) mass is 317 g/mol. The average molecular weight is 317 g/mol. The quantitative estimate of drug-likeness (QED) is 0.270. The number of nitrogens with zero attached hydrogens (tertiary/aromatic N) is 1. The SMILES string of the molecule is CCCCCCN(CCCCCC)C(=S)S.[Fe]. The van der Waals surface area contributed by atoms with Crippen LogP contribution in [0.5, 0.6) is 0 Å². The average Bonchev–Trinajstić information content (AvgIpc) is 2.26. The second-order valence-corrected chi connectivity index (χ2v) is 5.50. The summed E-state index contributed by atoms with van der Waals surface area (Å²) in [6.45, 7) is 6.67. The van der Waals surface area contributed by atoms with Gasteiger partial charge in [-0.25, -0.2) is 0 Å². The Morgan fingerprint density at radius 3 is 1.59 bits per heavy atom. The van der Waals surface area contributed by atoms with Crippen molar-refractivity contribution in [1.82, 2.24) is 4.90 Å². The molecule has 0 rings (SSSR count). The van der Waals surface area contributed by atoms with Gasteiger partial charge in [0.05, 0.1) is 0 Å². The third-order valence-corrected chi connectivity index (χ3v) is 3.37. The maximum atomic E-state index is 5.16. The summed E-state index contributed by atoms with van der Waals surface area (Å²) >= 11 is 9.46. The van der Waals surface area contributed by atoms with E-state index in [2.05, 4.69) is 31.4 Å². The molecule has 0 fully saturated rings. The fourth-order valence-corrected chi connectivity index (χ4v) is 2.14. The molecule has 104 valence electrons. The summed E-state index contributed by atoms with van der Waals surface area (Å²) in [5.74, 6) is 0. The molecule has 17 heavy (non-hydrogen) atoms. The predicted octanol–water partition coefficient (Wildman–Crippen LogP) is 4.66. The molecule has 0 radical (unpaired) electrons. The topological polar surface area (TPSA) is 3.24 Å². The largest absolute Gasteiger partial charge is 0.358 e. The van der Waals surface area contributed by atoms with E-state index in [0.29, 0.717) is 0 Å². The van der Waals surface area contributed by atoms with Gasteiger partial charge in [0.15, 0.2) is 0 Å². The molecule has 0 amide bonds. The minimum Gasteiger partial charge on any atom is -0.358 e. The number of unbranched alkanes of at least 4 members (excludes halogenated alkanes) is 6. The molecule has 0 aliphatic carbocycles. The summed E-state index contributed by atoms with van der Waals surface area (Å²) in [6, 6.07) is 0. The van der Waals surface area contributed by atoms with Gasteiger partial charge in [-0.05, 0) is 12.8 Å². The molecule has 1 nitrogen and oxygen atoms in total. The minimum atomic E-state index is 0. The zero-order valence-electron chi connectivity index (χ0n) is 11.2. The van der Waals surface area contributed by atoms with E-state index in [1.54, 1.807) is 0 Å². The van der Waals surface area contributed by atoms with Crippen LogP contribution in [0.4, 0.5) is 0 Å². The first-order valence-corrected chi connectivity index (χ1v) is 7.55. The Labute approximate surface area is 129 Å². The van der Waals surface area contributed by atoms with Crippen molar-refractivity contribution in [3.63, 3.8) is 0 Å². The summed E-state index contributed by atoms with van der Waals surface area (Å²) in [6.07, 6.45) is 10.4. The van der Waals surface area contributed by atoms with Gasteiger partial charge in [0.1, 0.15) is 4.32 Å². The maximum Gasteiger partial charge on any atom is 0.133 e. The van der Waals surface area contributed by atoms with E-state index in [1.807, 2.05) is 0 Å². The Balaban J connectivity index is 0. The zero-order valence-corrected chi connectivity index (χ0v) is 14.0. The second-order valence-electron chi connectivity index (χ2n) is 4.39. The van der Waals surface area contributed by atoms with Crippen molar-refractivity contribution in [2.24, 2.45) is 0 Å². The van der Waals surface area contributed by atoms with Crippen LogP contribution in [0.3, 0.4) is 0 Å². The van der Waals surface area contributed by atoms with E-state index in [9.17, 15) is 0 Å². The fraction of sp³-hybridized carbons (Fsp3) is 0.923. The van der Waals surface area contributed by atoms with E-state index in [0.717, 1.165) is 17.4 Å². The van der Waals surface area contributed by atoms with Crippen LogP contribution in [-0.2, 0) is 17.1 Å². The number of rotatable bonds is 10. The standard InChI is InChI=1S/C13H27NS2.Fe/c1-3-5-7-9-11-14(13(15)16)12-10-8-6-4-2;/h3-12H2,1-2H3,(H,15,16);. The van der Waals surface area contributed by atoms with Crippen LogP contribution < -0.4 is 0 Å². The Hall–Kier alpha value is 0.759. The van der Waals surface area contributed by atoms with Gasteiger partial charge in [0.25, 0.3) is 0 Å². The Morgan fingerprint density at radius 1 is 0.882 bits per heavy atom.